The molecule has 0 aromatic heterocycles. The second kappa shape index (κ2) is 9.41. The van der Waals surface area contributed by atoms with Gasteiger partial charge in [0.05, 0.1) is 0 Å². The van der Waals surface area contributed by atoms with E-state index in [4.69, 9.17) is 11.0 Å². The van der Waals surface area contributed by atoms with Crippen LogP contribution in [0.3, 0.4) is 0 Å². The Balaban J connectivity index is 2.40. The Morgan fingerprint density at radius 3 is 2.24 bits per heavy atom. The van der Waals surface area contributed by atoms with Crippen LogP contribution in [0.15, 0.2) is 59.8 Å². The summed E-state index contributed by atoms with van der Waals surface area (Å²) in [6.45, 7) is 5.58. The number of benzene rings is 2. The summed E-state index contributed by atoms with van der Waals surface area (Å²) in [6, 6.07) is 17.3. The Hall–Kier alpha value is -2.09. The zero-order valence-corrected chi connectivity index (χ0v) is 16.9. The van der Waals surface area contributed by atoms with E-state index in [0.29, 0.717) is 5.90 Å². The number of nitrogens with zero attached hydrogens (tertiary/aromatic N) is 1. The second-order valence-electron chi connectivity index (χ2n) is 5.48. The average molecular weight is 455 g/mol. The standard InChI is InChI=1S/C19H22INO4/c1-14(2)17-12-8-9-13-18(17)19(21-23-4)25-20(24-15(3)22)16-10-6-5-7-11-16/h5-14H,1-4H3/b21-19-. The van der Waals surface area contributed by atoms with Crippen LogP contribution in [0.5, 0.6) is 0 Å². The van der Waals surface area contributed by atoms with Crippen LogP contribution in [-0.2, 0) is 15.8 Å². The number of rotatable bonds is 6. The van der Waals surface area contributed by atoms with Gasteiger partial charge in [-0.25, -0.2) is 0 Å². The molecule has 2 aromatic carbocycles. The van der Waals surface area contributed by atoms with Gasteiger partial charge in [-0.05, 0) is 0 Å². The van der Waals surface area contributed by atoms with Gasteiger partial charge in [0, 0.05) is 0 Å². The quantitative estimate of drug-likeness (QED) is 0.269. The Bertz CT molecular complexity index is 731. The van der Waals surface area contributed by atoms with Gasteiger partial charge in [-0.1, -0.05) is 0 Å². The molecule has 0 amide bonds. The predicted octanol–water partition coefficient (Wildman–Crippen LogP) is 4.90. The fraction of sp³-hybridized carbons (Fsp3) is 0.263. The fourth-order valence-electron chi connectivity index (χ4n) is 2.17. The molecule has 0 N–H and O–H groups in total. The van der Waals surface area contributed by atoms with Crippen LogP contribution in [0, 0.1) is 3.57 Å². The molecule has 0 saturated heterocycles. The van der Waals surface area contributed by atoms with Gasteiger partial charge in [0.2, 0.25) is 0 Å². The van der Waals surface area contributed by atoms with Gasteiger partial charge in [-0.15, -0.1) is 0 Å². The summed E-state index contributed by atoms with van der Waals surface area (Å²) < 4.78 is 12.5. The van der Waals surface area contributed by atoms with Crippen molar-refractivity contribution in [3.8, 4) is 0 Å². The molecule has 2 aromatic rings. The molecule has 0 atom stereocenters. The van der Waals surface area contributed by atoms with E-state index >= 15 is 0 Å². The van der Waals surface area contributed by atoms with Crippen molar-refractivity contribution in [2.45, 2.75) is 26.7 Å². The molecule has 5 nitrogen and oxygen atoms in total. The van der Waals surface area contributed by atoms with Gasteiger partial charge in [0.1, 0.15) is 0 Å². The number of hydrogen-bond acceptors (Lipinski definition) is 5. The van der Waals surface area contributed by atoms with Crippen LogP contribution in [-0.4, -0.2) is 19.0 Å². The van der Waals surface area contributed by atoms with Gasteiger partial charge in [-0.3, -0.25) is 0 Å². The first-order valence-corrected chi connectivity index (χ1v) is 10.7. The number of carbonyl (C=O) groups excluding carboxylic acids is 1. The topological polar surface area (TPSA) is 57.1 Å². The van der Waals surface area contributed by atoms with E-state index in [-0.39, 0.29) is 11.9 Å². The second-order valence-corrected chi connectivity index (χ2v) is 8.85. The number of oxime groups is 1. The molecule has 0 radical (unpaired) electrons. The normalized spacial score (nSPS) is 11.9. The monoisotopic (exact) mass is 455 g/mol. The van der Waals surface area contributed by atoms with Crippen LogP contribution in [0.25, 0.3) is 0 Å². The molecule has 134 valence electrons. The summed E-state index contributed by atoms with van der Waals surface area (Å²) in [5, 5.41) is 4.05. The first-order valence-electron chi connectivity index (χ1n) is 7.86. The number of hydrogen-bond donors (Lipinski definition) is 0. The molecule has 0 bridgehead atoms. The zero-order valence-electron chi connectivity index (χ0n) is 14.7. The van der Waals surface area contributed by atoms with Crippen molar-refractivity contribution < 1.29 is 15.8 Å². The molecule has 0 fully saturated rings. The Morgan fingerprint density at radius 1 is 1.00 bits per heavy atom. The van der Waals surface area contributed by atoms with E-state index in [2.05, 4.69) is 19.0 Å². The summed E-state index contributed by atoms with van der Waals surface area (Å²) in [6.07, 6.45) is 0. The van der Waals surface area contributed by atoms with Gasteiger partial charge in [-0.2, -0.15) is 0 Å². The third kappa shape index (κ3) is 5.45. The number of carbonyl (C=O) groups is 1. The third-order valence-corrected chi connectivity index (χ3v) is 6.79. The molecule has 2 rings (SSSR count). The van der Waals surface area contributed by atoms with E-state index in [9.17, 15) is 4.79 Å². The SMILES string of the molecule is CO/N=C(\OI(OC(C)=O)c1ccccc1)c1ccccc1C(C)C. The van der Waals surface area contributed by atoms with Crippen LogP contribution < -0.4 is 0 Å². The zero-order chi connectivity index (χ0) is 18.2. The molecule has 0 spiro atoms. The van der Waals surface area contributed by atoms with Gasteiger partial charge in [0.15, 0.2) is 0 Å². The first kappa shape index (κ1) is 19.2. The molecule has 0 aliphatic heterocycles. The maximum absolute atomic E-state index is 11.5. The van der Waals surface area contributed by atoms with Crippen LogP contribution in [0.1, 0.15) is 37.8 Å². The minimum absolute atomic E-state index is 0.287. The fourth-order valence-corrected chi connectivity index (χ4v) is 5.03. The van der Waals surface area contributed by atoms with Crippen molar-refractivity contribution in [3.63, 3.8) is 0 Å². The van der Waals surface area contributed by atoms with Gasteiger partial charge < -0.3 is 0 Å². The van der Waals surface area contributed by atoms with Crippen LogP contribution >= 0.6 is 20.6 Å². The van der Waals surface area contributed by atoms with Crippen LogP contribution in [0.4, 0.5) is 0 Å². The molecule has 0 saturated carbocycles. The third-order valence-electron chi connectivity index (χ3n) is 3.22. The maximum atomic E-state index is 11.5. The van der Waals surface area contributed by atoms with E-state index in [0.717, 1.165) is 14.7 Å². The molecule has 6 heteroatoms. The number of halogens is 1. The Labute approximate surface area is 156 Å². The Morgan fingerprint density at radius 2 is 1.64 bits per heavy atom. The van der Waals surface area contributed by atoms with Crippen molar-refractivity contribution >= 4 is 32.5 Å². The summed E-state index contributed by atoms with van der Waals surface area (Å²) in [4.78, 5) is 16.5. The van der Waals surface area contributed by atoms with Gasteiger partial charge in [0.25, 0.3) is 0 Å². The molecule has 0 heterocycles. The minimum atomic E-state index is -2.73. The van der Waals surface area contributed by atoms with Gasteiger partial charge >= 0.3 is 157 Å². The summed E-state index contributed by atoms with van der Waals surface area (Å²) in [5.41, 5.74) is 1.93. The molecule has 25 heavy (non-hydrogen) atoms. The molecule has 0 unspecified atom stereocenters. The van der Waals surface area contributed by atoms with E-state index in [1.54, 1.807) is 0 Å². The van der Waals surface area contributed by atoms with E-state index in [1.807, 2.05) is 54.6 Å². The first-order chi connectivity index (χ1) is 12.0. The van der Waals surface area contributed by atoms with E-state index in [1.165, 1.54) is 14.0 Å². The van der Waals surface area contributed by atoms with Crippen LogP contribution in [0.2, 0.25) is 0 Å². The summed E-state index contributed by atoms with van der Waals surface area (Å²) in [5.74, 6) is 0.250. The van der Waals surface area contributed by atoms with Crippen molar-refractivity contribution in [1.82, 2.24) is 0 Å². The summed E-state index contributed by atoms with van der Waals surface area (Å²) >= 11 is -2.73. The van der Waals surface area contributed by atoms with Crippen molar-refractivity contribution in [2.75, 3.05) is 7.11 Å². The van der Waals surface area contributed by atoms with Crippen molar-refractivity contribution in [2.24, 2.45) is 5.16 Å². The van der Waals surface area contributed by atoms with Crippen molar-refractivity contribution in [1.29, 1.82) is 0 Å². The average Bonchev–Trinajstić information content (AvgIpc) is 2.61. The molecular weight excluding hydrogens is 433 g/mol. The van der Waals surface area contributed by atoms with E-state index < -0.39 is 20.6 Å². The molecular formula is C19H22INO4. The van der Waals surface area contributed by atoms with Crippen molar-refractivity contribution in [3.05, 3.63) is 69.3 Å². The Kier molecular flexibility index (Phi) is 7.24. The summed E-state index contributed by atoms with van der Waals surface area (Å²) in [7, 11) is 1.47. The molecule has 0 aliphatic carbocycles. The molecule has 0 aliphatic rings. The predicted molar refractivity (Wildman–Crippen MR) is 106 cm³/mol.